The molecule has 1 aliphatic heterocycles. The standard InChI is InChI=1S/C14H30N2O/c1-5-14-10-15-13(4)11-16(14)8-6-7-9-17-12(2)3/h12-15H,5-11H2,1-4H3. The molecule has 0 amide bonds. The third-order valence-corrected chi connectivity index (χ3v) is 3.49. The highest BCUT2D eigenvalue weighted by Gasteiger charge is 2.23. The SMILES string of the molecule is CCC1CNC(C)CN1CCCCOC(C)C. The molecule has 0 saturated carbocycles. The summed E-state index contributed by atoms with van der Waals surface area (Å²) in [6.45, 7) is 13.3. The van der Waals surface area contributed by atoms with Crippen molar-refractivity contribution < 1.29 is 4.74 Å². The maximum atomic E-state index is 5.57. The zero-order valence-electron chi connectivity index (χ0n) is 12.0. The van der Waals surface area contributed by atoms with Crippen molar-refractivity contribution in [3.8, 4) is 0 Å². The lowest BCUT2D eigenvalue weighted by Gasteiger charge is -2.39. The lowest BCUT2D eigenvalue weighted by molar-refractivity contribution is 0.0702. The molecule has 0 aromatic heterocycles. The first-order valence-electron chi connectivity index (χ1n) is 7.22. The Hall–Kier alpha value is -0.120. The summed E-state index contributed by atoms with van der Waals surface area (Å²) in [4.78, 5) is 2.65. The molecule has 1 aliphatic rings. The van der Waals surface area contributed by atoms with Gasteiger partial charge in [0.05, 0.1) is 6.10 Å². The molecule has 1 rings (SSSR count). The maximum Gasteiger partial charge on any atom is 0.0518 e. The van der Waals surface area contributed by atoms with E-state index in [2.05, 4.69) is 37.9 Å². The van der Waals surface area contributed by atoms with Crippen molar-refractivity contribution in [1.29, 1.82) is 0 Å². The lowest BCUT2D eigenvalue weighted by Crippen LogP contribution is -2.55. The van der Waals surface area contributed by atoms with E-state index in [1.54, 1.807) is 0 Å². The van der Waals surface area contributed by atoms with Crippen molar-refractivity contribution in [2.45, 2.75) is 65.1 Å². The van der Waals surface area contributed by atoms with Crippen LogP contribution in [0.1, 0.15) is 47.0 Å². The van der Waals surface area contributed by atoms with Gasteiger partial charge in [0.25, 0.3) is 0 Å². The van der Waals surface area contributed by atoms with Crippen LogP contribution in [0.4, 0.5) is 0 Å². The molecule has 1 saturated heterocycles. The summed E-state index contributed by atoms with van der Waals surface area (Å²) in [5, 5.41) is 3.56. The van der Waals surface area contributed by atoms with E-state index in [1.807, 2.05) is 0 Å². The van der Waals surface area contributed by atoms with Gasteiger partial charge < -0.3 is 10.1 Å². The zero-order chi connectivity index (χ0) is 12.7. The monoisotopic (exact) mass is 242 g/mol. The second-order valence-electron chi connectivity index (χ2n) is 5.49. The predicted octanol–water partition coefficient (Wildman–Crippen LogP) is 2.26. The summed E-state index contributed by atoms with van der Waals surface area (Å²) in [5.41, 5.74) is 0. The van der Waals surface area contributed by atoms with Crippen LogP contribution in [0.5, 0.6) is 0 Å². The Kier molecular flexibility index (Phi) is 7.09. The minimum atomic E-state index is 0.373. The van der Waals surface area contributed by atoms with Gasteiger partial charge in [-0.3, -0.25) is 4.90 Å². The molecule has 17 heavy (non-hydrogen) atoms. The van der Waals surface area contributed by atoms with Gasteiger partial charge in [-0.25, -0.2) is 0 Å². The molecular weight excluding hydrogens is 212 g/mol. The maximum absolute atomic E-state index is 5.57. The second-order valence-corrected chi connectivity index (χ2v) is 5.49. The fraction of sp³-hybridized carbons (Fsp3) is 1.00. The van der Waals surface area contributed by atoms with Crippen molar-refractivity contribution >= 4 is 0 Å². The number of nitrogens with one attached hydrogen (secondary N) is 1. The molecule has 3 nitrogen and oxygen atoms in total. The van der Waals surface area contributed by atoms with E-state index < -0.39 is 0 Å². The predicted molar refractivity (Wildman–Crippen MR) is 73.4 cm³/mol. The van der Waals surface area contributed by atoms with Crippen molar-refractivity contribution in [3.63, 3.8) is 0 Å². The van der Waals surface area contributed by atoms with Crippen LogP contribution < -0.4 is 5.32 Å². The fourth-order valence-electron chi connectivity index (χ4n) is 2.44. The largest absolute Gasteiger partial charge is 0.379 e. The van der Waals surface area contributed by atoms with E-state index in [4.69, 9.17) is 4.74 Å². The summed E-state index contributed by atoms with van der Waals surface area (Å²) in [7, 11) is 0. The van der Waals surface area contributed by atoms with Crippen LogP contribution in [0.15, 0.2) is 0 Å². The van der Waals surface area contributed by atoms with Gasteiger partial charge >= 0.3 is 0 Å². The Morgan fingerprint density at radius 3 is 2.76 bits per heavy atom. The average Bonchev–Trinajstić information content (AvgIpc) is 2.28. The Morgan fingerprint density at radius 1 is 1.35 bits per heavy atom. The van der Waals surface area contributed by atoms with E-state index >= 15 is 0 Å². The molecule has 0 aromatic rings. The minimum Gasteiger partial charge on any atom is -0.379 e. The Morgan fingerprint density at radius 2 is 2.12 bits per heavy atom. The van der Waals surface area contributed by atoms with Crippen LogP contribution in [0, 0.1) is 0 Å². The van der Waals surface area contributed by atoms with Gasteiger partial charge in [-0.15, -0.1) is 0 Å². The molecule has 0 aliphatic carbocycles. The Bertz CT molecular complexity index is 197. The first-order valence-corrected chi connectivity index (χ1v) is 7.22. The average molecular weight is 242 g/mol. The van der Waals surface area contributed by atoms with Gasteiger partial charge in [0.1, 0.15) is 0 Å². The summed E-state index contributed by atoms with van der Waals surface area (Å²) >= 11 is 0. The molecule has 3 heteroatoms. The molecule has 2 unspecified atom stereocenters. The molecule has 0 radical (unpaired) electrons. The van der Waals surface area contributed by atoms with Gasteiger partial charge in [0.2, 0.25) is 0 Å². The molecule has 2 atom stereocenters. The third kappa shape index (κ3) is 5.84. The van der Waals surface area contributed by atoms with Crippen LogP contribution in [0.2, 0.25) is 0 Å². The fourth-order valence-corrected chi connectivity index (χ4v) is 2.44. The highest BCUT2D eigenvalue weighted by molar-refractivity contribution is 4.83. The van der Waals surface area contributed by atoms with Crippen LogP contribution >= 0.6 is 0 Å². The zero-order valence-corrected chi connectivity index (χ0v) is 12.0. The number of unbranched alkanes of at least 4 members (excludes halogenated alkanes) is 1. The van der Waals surface area contributed by atoms with E-state index in [0.29, 0.717) is 12.1 Å². The van der Waals surface area contributed by atoms with E-state index in [-0.39, 0.29) is 0 Å². The van der Waals surface area contributed by atoms with Gasteiger partial charge in [-0.2, -0.15) is 0 Å². The number of piperazine rings is 1. The van der Waals surface area contributed by atoms with Crippen LogP contribution in [-0.4, -0.2) is 49.3 Å². The smallest absolute Gasteiger partial charge is 0.0518 e. The molecule has 102 valence electrons. The summed E-state index contributed by atoms with van der Waals surface area (Å²) in [6.07, 6.45) is 4.07. The lowest BCUT2D eigenvalue weighted by atomic mass is 10.1. The number of hydrogen-bond acceptors (Lipinski definition) is 3. The summed E-state index contributed by atoms with van der Waals surface area (Å²) in [5.74, 6) is 0. The highest BCUT2D eigenvalue weighted by Crippen LogP contribution is 2.11. The molecule has 1 heterocycles. The quantitative estimate of drug-likeness (QED) is 0.693. The minimum absolute atomic E-state index is 0.373. The van der Waals surface area contributed by atoms with Crippen molar-refractivity contribution in [2.24, 2.45) is 0 Å². The summed E-state index contributed by atoms with van der Waals surface area (Å²) < 4.78 is 5.57. The molecular formula is C14H30N2O. The number of hydrogen-bond donors (Lipinski definition) is 1. The number of rotatable bonds is 7. The van der Waals surface area contributed by atoms with E-state index in [1.165, 1.54) is 32.4 Å². The second kappa shape index (κ2) is 8.06. The van der Waals surface area contributed by atoms with E-state index in [9.17, 15) is 0 Å². The topological polar surface area (TPSA) is 24.5 Å². The van der Waals surface area contributed by atoms with Crippen LogP contribution in [0.25, 0.3) is 0 Å². The van der Waals surface area contributed by atoms with Gasteiger partial charge in [-0.1, -0.05) is 6.92 Å². The number of nitrogens with zero attached hydrogens (tertiary/aromatic N) is 1. The molecule has 0 aromatic carbocycles. The number of ether oxygens (including phenoxy) is 1. The van der Waals surface area contributed by atoms with Crippen molar-refractivity contribution in [1.82, 2.24) is 10.2 Å². The summed E-state index contributed by atoms with van der Waals surface area (Å²) in [6, 6.07) is 1.38. The first-order chi connectivity index (χ1) is 8.13. The molecule has 1 N–H and O–H groups in total. The van der Waals surface area contributed by atoms with Crippen LogP contribution in [0.3, 0.4) is 0 Å². The normalized spacial score (nSPS) is 26.6. The third-order valence-electron chi connectivity index (χ3n) is 3.49. The van der Waals surface area contributed by atoms with Crippen molar-refractivity contribution in [2.75, 3.05) is 26.2 Å². The Labute approximate surface area is 107 Å². The van der Waals surface area contributed by atoms with Gasteiger partial charge in [-0.05, 0) is 46.6 Å². The first kappa shape index (κ1) is 14.9. The Balaban J connectivity index is 2.14. The van der Waals surface area contributed by atoms with Gasteiger partial charge in [0, 0.05) is 31.8 Å². The molecule has 0 bridgehead atoms. The highest BCUT2D eigenvalue weighted by atomic mass is 16.5. The van der Waals surface area contributed by atoms with Crippen molar-refractivity contribution in [3.05, 3.63) is 0 Å². The van der Waals surface area contributed by atoms with Gasteiger partial charge in [0.15, 0.2) is 0 Å². The molecule has 1 fully saturated rings. The van der Waals surface area contributed by atoms with Crippen LogP contribution in [-0.2, 0) is 4.74 Å². The van der Waals surface area contributed by atoms with E-state index in [0.717, 1.165) is 19.2 Å². The molecule has 0 spiro atoms.